The normalized spacial score (nSPS) is 32.3. The topological polar surface area (TPSA) is 53.5 Å². The maximum atomic E-state index is 11.8. The lowest BCUT2D eigenvalue weighted by atomic mass is 9.99. The molecule has 3 rings (SSSR count). The number of carbonyl (C=O) groups is 1. The molecule has 2 N–H and O–H groups in total. The molecule has 1 spiro atoms. The van der Waals surface area contributed by atoms with Gasteiger partial charge in [-0.3, -0.25) is 10.1 Å². The van der Waals surface area contributed by atoms with Gasteiger partial charge in [0.25, 0.3) is 5.91 Å². The van der Waals surface area contributed by atoms with Crippen molar-refractivity contribution in [1.82, 2.24) is 10.6 Å². The molecule has 1 amide bonds. The third kappa shape index (κ3) is 1.21. The second-order valence-electron chi connectivity index (χ2n) is 4.58. The highest BCUT2D eigenvalue weighted by atomic mass is 16.2. The summed E-state index contributed by atoms with van der Waals surface area (Å²) >= 11 is 0. The Morgan fingerprint density at radius 2 is 2.00 bits per heavy atom. The molecule has 1 heterocycles. The van der Waals surface area contributed by atoms with E-state index in [9.17, 15) is 4.79 Å². The maximum absolute atomic E-state index is 11.8. The van der Waals surface area contributed by atoms with Gasteiger partial charge < -0.3 is 5.32 Å². The van der Waals surface area contributed by atoms with E-state index in [2.05, 4.69) is 15.6 Å². The van der Waals surface area contributed by atoms with Crippen LogP contribution in [0.5, 0.6) is 0 Å². The predicted octanol–water partition coefficient (Wildman–Crippen LogP) is 0.537. The second kappa shape index (κ2) is 2.72. The van der Waals surface area contributed by atoms with Crippen molar-refractivity contribution in [3.63, 3.8) is 0 Å². The Kier molecular flexibility index (Phi) is 1.60. The van der Waals surface area contributed by atoms with Crippen molar-refractivity contribution in [3.05, 3.63) is 0 Å². The minimum atomic E-state index is -0.298. The molecule has 0 bridgehead atoms. The van der Waals surface area contributed by atoms with Gasteiger partial charge in [0, 0.05) is 0 Å². The average Bonchev–Trinajstić information content (AvgIpc) is 2.75. The minimum Gasteiger partial charge on any atom is -0.342 e. The summed E-state index contributed by atoms with van der Waals surface area (Å²) in [5.74, 6) is 0.855. The first-order valence-corrected chi connectivity index (χ1v) is 5.46. The Morgan fingerprint density at radius 3 is 2.64 bits per heavy atom. The lowest BCUT2D eigenvalue weighted by Crippen LogP contribution is -2.43. The largest absolute Gasteiger partial charge is 0.342 e. The number of carbonyl (C=O) groups excluding carboxylic acids is 1. The van der Waals surface area contributed by atoms with Crippen molar-refractivity contribution in [2.75, 3.05) is 0 Å². The Labute approximate surface area is 83.2 Å². The number of rotatable bonds is 1. The van der Waals surface area contributed by atoms with Gasteiger partial charge in [0.05, 0.1) is 6.04 Å². The van der Waals surface area contributed by atoms with Crippen LogP contribution in [0.25, 0.3) is 0 Å². The summed E-state index contributed by atoms with van der Waals surface area (Å²) in [6.45, 7) is 0. The highest BCUT2D eigenvalue weighted by molar-refractivity contribution is 6.09. The summed E-state index contributed by atoms with van der Waals surface area (Å²) in [6.07, 6.45) is 6.57. The van der Waals surface area contributed by atoms with Crippen molar-refractivity contribution in [2.45, 2.75) is 50.1 Å². The number of hydrogen-bond acceptors (Lipinski definition) is 2. The van der Waals surface area contributed by atoms with Gasteiger partial charge in [-0.2, -0.15) is 0 Å². The van der Waals surface area contributed by atoms with Crippen LogP contribution >= 0.6 is 0 Å². The first-order chi connectivity index (χ1) is 6.78. The van der Waals surface area contributed by atoms with Crippen molar-refractivity contribution in [2.24, 2.45) is 4.99 Å². The molecule has 1 saturated heterocycles. The van der Waals surface area contributed by atoms with Crippen molar-refractivity contribution in [3.8, 4) is 0 Å². The monoisotopic (exact) mass is 193 g/mol. The molecule has 0 aromatic heterocycles. The van der Waals surface area contributed by atoms with Crippen molar-refractivity contribution < 1.29 is 4.79 Å². The molecule has 3 aliphatic rings. The van der Waals surface area contributed by atoms with Gasteiger partial charge in [0.1, 0.15) is 5.54 Å². The molecule has 3 fully saturated rings. The zero-order valence-electron chi connectivity index (χ0n) is 8.18. The first kappa shape index (κ1) is 8.26. The predicted molar refractivity (Wildman–Crippen MR) is 52.9 cm³/mol. The molecule has 0 aromatic carbocycles. The number of nitrogens with zero attached hydrogens (tertiary/aromatic N) is 1. The number of aliphatic imine (C=N–C) groups is 1. The van der Waals surface area contributed by atoms with Gasteiger partial charge in [0.2, 0.25) is 0 Å². The van der Waals surface area contributed by atoms with E-state index in [-0.39, 0.29) is 11.4 Å². The maximum Gasteiger partial charge on any atom is 0.252 e. The van der Waals surface area contributed by atoms with Gasteiger partial charge in [0.15, 0.2) is 5.96 Å². The van der Waals surface area contributed by atoms with E-state index >= 15 is 0 Å². The Hall–Kier alpha value is -1.06. The van der Waals surface area contributed by atoms with E-state index in [0.717, 1.165) is 31.6 Å². The van der Waals surface area contributed by atoms with Crippen LogP contribution in [0.3, 0.4) is 0 Å². The van der Waals surface area contributed by atoms with Crippen LogP contribution in [0.2, 0.25) is 0 Å². The van der Waals surface area contributed by atoms with Gasteiger partial charge in [-0.15, -0.1) is 0 Å². The lowest BCUT2D eigenvalue weighted by molar-refractivity contribution is -0.123. The van der Waals surface area contributed by atoms with Crippen LogP contribution in [0.15, 0.2) is 4.99 Å². The number of amides is 1. The van der Waals surface area contributed by atoms with E-state index in [1.54, 1.807) is 0 Å². The molecule has 76 valence electrons. The fourth-order valence-corrected chi connectivity index (χ4v) is 2.32. The molecule has 0 aromatic rings. The average molecular weight is 193 g/mol. The summed E-state index contributed by atoms with van der Waals surface area (Å²) in [4.78, 5) is 16.2. The molecule has 2 aliphatic carbocycles. The molecule has 4 nitrogen and oxygen atoms in total. The number of nitrogens with one attached hydrogen (secondary N) is 2. The van der Waals surface area contributed by atoms with Gasteiger partial charge in [-0.25, -0.2) is 4.99 Å². The van der Waals surface area contributed by atoms with Crippen LogP contribution in [0.4, 0.5) is 0 Å². The molecule has 14 heavy (non-hydrogen) atoms. The molecule has 0 atom stereocenters. The minimum absolute atomic E-state index is 0.134. The van der Waals surface area contributed by atoms with Gasteiger partial charge in [-0.05, 0) is 25.7 Å². The third-order valence-corrected chi connectivity index (χ3v) is 3.34. The Bertz CT molecular complexity index is 300. The summed E-state index contributed by atoms with van der Waals surface area (Å²) in [5, 5.41) is 6.13. The molecule has 1 aliphatic heterocycles. The number of guanidine groups is 1. The second-order valence-corrected chi connectivity index (χ2v) is 4.58. The highest BCUT2D eigenvalue weighted by Gasteiger charge is 2.47. The van der Waals surface area contributed by atoms with Crippen LogP contribution in [0, 0.1) is 0 Å². The summed E-state index contributed by atoms with van der Waals surface area (Å²) in [6, 6.07) is 0.467. The summed E-state index contributed by atoms with van der Waals surface area (Å²) in [7, 11) is 0. The molecule has 4 heteroatoms. The Balaban J connectivity index is 1.79. The van der Waals surface area contributed by atoms with E-state index in [0.29, 0.717) is 6.04 Å². The Morgan fingerprint density at radius 1 is 1.29 bits per heavy atom. The molecular weight excluding hydrogens is 178 g/mol. The third-order valence-electron chi connectivity index (χ3n) is 3.34. The molecule has 2 saturated carbocycles. The first-order valence-electron chi connectivity index (χ1n) is 5.46. The van der Waals surface area contributed by atoms with Crippen LogP contribution < -0.4 is 10.6 Å². The molecule has 0 unspecified atom stereocenters. The van der Waals surface area contributed by atoms with Crippen LogP contribution in [-0.4, -0.2) is 23.4 Å². The van der Waals surface area contributed by atoms with Crippen molar-refractivity contribution >= 4 is 11.9 Å². The SMILES string of the molecule is O=C1NC(=NC2CC2)NC12CCCC2. The molecular formula is C10H15N3O. The van der Waals surface area contributed by atoms with E-state index in [1.165, 1.54) is 12.8 Å². The lowest BCUT2D eigenvalue weighted by Gasteiger charge is -2.18. The smallest absolute Gasteiger partial charge is 0.252 e. The quantitative estimate of drug-likeness (QED) is 0.638. The van der Waals surface area contributed by atoms with E-state index in [4.69, 9.17) is 0 Å². The van der Waals surface area contributed by atoms with E-state index in [1.807, 2.05) is 0 Å². The summed E-state index contributed by atoms with van der Waals surface area (Å²) in [5.41, 5.74) is -0.298. The highest BCUT2D eigenvalue weighted by Crippen LogP contribution is 2.32. The zero-order chi connectivity index (χ0) is 9.60. The van der Waals surface area contributed by atoms with Crippen LogP contribution in [-0.2, 0) is 4.79 Å². The van der Waals surface area contributed by atoms with Gasteiger partial charge in [-0.1, -0.05) is 12.8 Å². The summed E-state index contributed by atoms with van der Waals surface area (Å²) < 4.78 is 0. The fourth-order valence-electron chi connectivity index (χ4n) is 2.32. The fraction of sp³-hybridized carbons (Fsp3) is 0.800. The molecule has 0 radical (unpaired) electrons. The van der Waals surface area contributed by atoms with E-state index < -0.39 is 0 Å². The van der Waals surface area contributed by atoms with Gasteiger partial charge >= 0.3 is 0 Å². The van der Waals surface area contributed by atoms with Crippen molar-refractivity contribution in [1.29, 1.82) is 0 Å². The zero-order valence-corrected chi connectivity index (χ0v) is 8.18. The van der Waals surface area contributed by atoms with Crippen LogP contribution in [0.1, 0.15) is 38.5 Å². The standard InChI is InChI=1S/C10H15N3O/c14-8-10(5-1-2-6-10)13-9(12-8)11-7-3-4-7/h7H,1-6H2,(H2,11,12,13,14). The number of hydrogen-bond donors (Lipinski definition) is 2.